The predicted octanol–water partition coefficient (Wildman–Crippen LogP) is 5.29. The standard InChI is InChI=1S/C31H40O5Si/c1-6-34-30(32)22-28(25-16-10-7-11-17-25)29(35-24-33-5)23-36-37(31(2,3)4,26-18-12-8-13-19-26)27-20-14-9-15-21-27/h7-21,28-29H,6,22-24H2,1-5H3/t28-,29+/m0/s1. The number of hydrogen-bond acceptors (Lipinski definition) is 5. The second-order valence-electron chi connectivity index (χ2n) is 10.1. The van der Waals surface area contributed by atoms with Crippen LogP contribution in [0.25, 0.3) is 0 Å². The summed E-state index contributed by atoms with van der Waals surface area (Å²) in [6.45, 7) is 9.30. The molecule has 3 rings (SSSR count). The number of benzene rings is 3. The molecule has 6 heteroatoms. The Bertz CT molecular complexity index is 1030. The highest BCUT2D eigenvalue weighted by atomic mass is 28.4. The maximum absolute atomic E-state index is 12.7. The van der Waals surface area contributed by atoms with Crippen LogP contribution < -0.4 is 10.4 Å². The summed E-state index contributed by atoms with van der Waals surface area (Å²) in [6.07, 6.45) is -0.232. The number of hydrogen-bond donors (Lipinski definition) is 0. The zero-order chi connectivity index (χ0) is 26.7. The summed E-state index contributed by atoms with van der Waals surface area (Å²) >= 11 is 0. The summed E-state index contributed by atoms with van der Waals surface area (Å²) in [6, 6.07) is 31.0. The third-order valence-electron chi connectivity index (χ3n) is 6.65. The lowest BCUT2D eigenvalue weighted by Gasteiger charge is -2.44. The fraction of sp³-hybridized carbons (Fsp3) is 0.387. The van der Waals surface area contributed by atoms with E-state index in [1.807, 2.05) is 49.4 Å². The van der Waals surface area contributed by atoms with Crippen molar-refractivity contribution < 1.29 is 23.4 Å². The van der Waals surface area contributed by atoms with Crippen LogP contribution in [0.15, 0.2) is 91.0 Å². The molecular formula is C31H40O5Si. The lowest BCUT2D eigenvalue weighted by Crippen LogP contribution is -2.67. The molecule has 0 saturated heterocycles. The van der Waals surface area contributed by atoms with Crippen LogP contribution in [-0.2, 0) is 23.4 Å². The third kappa shape index (κ3) is 7.17. The Kier molecular flexibility index (Phi) is 10.6. The van der Waals surface area contributed by atoms with Crippen LogP contribution in [0.1, 0.15) is 45.6 Å². The zero-order valence-electron chi connectivity index (χ0n) is 22.7. The Hall–Kier alpha value is -2.77. The minimum atomic E-state index is -2.79. The number of ether oxygens (including phenoxy) is 3. The first-order chi connectivity index (χ1) is 17.8. The first kappa shape index (κ1) is 28.8. The van der Waals surface area contributed by atoms with Crippen LogP contribution in [0.2, 0.25) is 5.04 Å². The van der Waals surface area contributed by atoms with E-state index < -0.39 is 14.4 Å². The normalized spacial score (nSPS) is 13.6. The average molecular weight is 521 g/mol. The maximum atomic E-state index is 12.7. The molecule has 0 radical (unpaired) electrons. The van der Waals surface area contributed by atoms with Gasteiger partial charge in [-0.1, -0.05) is 112 Å². The highest BCUT2D eigenvalue weighted by Crippen LogP contribution is 2.38. The summed E-state index contributed by atoms with van der Waals surface area (Å²) in [4.78, 5) is 12.7. The van der Waals surface area contributed by atoms with E-state index in [9.17, 15) is 4.79 Å². The molecule has 0 unspecified atom stereocenters. The van der Waals surface area contributed by atoms with Crippen molar-refractivity contribution in [1.82, 2.24) is 0 Å². The molecule has 0 saturated carbocycles. The Morgan fingerprint density at radius 2 is 1.35 bits per heavy atom. The molecule has 0 fully saturated rings. The van der Waals surface area contributed by atoms with Gasteiger partial charge >= 0.3 is 5.97 Å². The summed E-state index contributed by atoms with van der Waals surface area (Å²) in [5, 5.41) is 2.21. The van der Waals surface area contributed by atoms with Gasteiger partial charge in [-0.15, -0.1) is 0 Å². The summed E-state index contributed by atoms with van der Waals surface area (Å²) in [7, 11) is -1.19. The molecule has 3 aromatic carbocycles. The highest BCUT2D eigenvalue weighted by molar-refractivity contribution is 6.99. The van der Waals surface area contributed by atoms with Gasteiger partial charge < -0.3 is 18.6 Å². The number of rotatable bonds is 13. The first-order valence-electron chi connectivity index (χ1n) is 12.9. The van der Waals surface area contributed by atoms with Crippen molar-refractivity contribution in [1.29, 1.82) is 0 Å². The van der Waals surface area contributed by atoms with Crippen LogP contribution in [-0.4, -0.2) is 47.5 Å². The average Bonchev–Trinajstić information content (AvgIpc) is 2.91. The van der Waals surface area contributed by atoms with Gasteiger partial charge in [0.25, 0.3) is 8.32 Å². The number of esters is 1. The fourth-order valence-corrected chi connectivity index (χ4v) is 9.54. The first-order valence-corrected chi connectivity index (χ1v) is 14.8. The van der Waals surface area contributed by atoms with Gasteiger partial charge in [0.15, 0.2) is 0 Å². The van der Waals surface area contributed by atoms with Crippen molar-refractivity contribution in [3.05, 3.63) is 96.6 Å². The molecule has 0 amide bonds. The minimum Gasteiger partial charge on any atom is -0.466 e. The lowest BCUT2D eigenvalue weighted by atomic mass is 9.90. The quantitative estimate of drug-likeness (QED) is 0.174. The van der Waals surface area contributed by atoms with Gasteiger partial charge in [-0.05, 0) is 27.9 Å². The number of carbonyl (C=O) groups is 1. The van der Waals surface area contributed by atoms with Crippen LogP contribution in [0.4, 0.5) is 0 Å². The van der Waals surface area contributed by atoms with Gasteiger partial charge in [0.2, 0.25) is 0 Å². The van der Waals surface area contributed by atoms with Crippen molar-refractivity contribution >= 4 is 24.7 Å². The van der Waals surface area contributed by atoms with Crippen molar-refractivity contribution in [2.75, 3.05) is 27.1 Å². The van der Waals surface area contributed by atoms with Crippen LogP contribution in [0.5, 0.6) is 0 Å². The molecule has 0 heterocycles. The zero-order valence-corrected chi connectivity index (χ0v) is 23.7. The molecule has 0 aromatic heterocycles. The molecule has 0 aliphatic rings. The minimum absolute atomic E-state index is 0.0981. The van der Waals surface area contributed by atoms with Crippen LogP contribution in [0, 0.1) is 0 Å². The highest BCUT2D eigenvalue weighted by Gasteiger charge is 2.50. The summed E-state index contributed by atoms with van der Waals surface area (Å²) in [5.41, 5.74) is 1.00. The molecule has 37 heavy (non-hydrogen) atoms. The second-order valence-corrected chi connectivity index (χ2v) is 14.4. The Labute approximate surface area is 222 Å². The van der Waals surface area contributed by atoms with Gasteiger partial charge in [0.05, 0.1) is 25.7 Å². The van der Waals surface area contributed by atoms with E-state index in [1.54, 1.807) is 7.11 Å². The Balaban J connectivity index is 2.06. The van der Waals surface area contributed by atoms with E-state index in [4.69, 9.17) is 18.6 Å². The molecule has 0 bridgehead atoms. The topological polar surface area (TPSA) is 54.0 Å². The fourth-order valence-electron chi connectivity index (χ4n) is 4.97. The van der Waals surface area contributed by atoms with Crippen molar-refractivity contribution in [3.63, 3.8) is 0 Å². The Morgan fingerprint density at radius 3 is 1.81 bits per heavy atom. The maximum Gasteiger partial charge on any atom is 0.306 e. The van der Waals surface area contributed by atoms with Gasteiger partial charge in [-0.25, -0.2) is 0 Å². The molecule has 0 spiro atoms. The lowest BCUT2D eigenvalue weighted by molar-refractivity contribution is -0.146. The van der Waals surface area contributed by atoms with Crippen LogP contribution >= 0.6 is 0 Å². The summed E-state index contributed by atoms with van der Waals surface area (Å²) in [5.74, 6) is -0.513. The largest absolute Gasteiger partial charge is 0.466 e. The number of carbonyl (C=O) groups excluding carboxylic acids is 1. The molecule has 0 aliphatic heterocycles. The molecular weight excluding hydrogens is 480 g/mol. The van der Waals surface area contributed by atoms with E-state index in [0.717, 1.165) is 5.56 Å². The van der Waals surface area contributed by atoms with Crippen molar-refractivity contribution in [3.8, 4) is 0 Å². The molecule has 0 aliphatic carbocycles. The van der Waals surface area contributed by atoms with E-state index in [2.05, 4.69) is 69.3 Å². The summed E-state index contributed by atoms with van der Waals surface area (Å²) < 4.78 is 24.0. The van der Waals surface area contributed by atoms with E-state index >= 15 is 0 Å². The molecule has 2 atom stereocenters. The predicted molar refractivity (Wildman–Crippen MR) is 151 cm³/mol. The smallest absolute Gasteiger partial charge is 0.306 e. The molecule has 0 N–H and O–H groups in total. The van der Waals surface area contributed by atoms with E-state index in [0.29, 0.717) is 13.2 Å². The SMILES string of the molecule is CCOC(=O)C[C@@H](c1ccccc1)[C@@H](CO[Si](c1ccccc1)(c1ccccc1)C(C)(C)C)OCOC. The van der Waals surface area contributed by atoms with Gasteiger partial charge in [0.1, 0.15) is 6.79 Å². The molecule has 3 aromatic rings. The van der Waals surface area contributed by atoms with Gasteiger partial charge in [0, 0.05) is 13.0 Å². The monoisotopic (exact) mass is 520 g/mol. The molecule has 198 valence electrons. The van der Waals surface area contributed by atoms with Crippen LogP contribution in [0.3, 0.4) is 0 Å². The second kappa shape index (κ2) is 13.7. The van der Waals surface area contributed by atoms with E-state index in [-0.39, 0.29) is 30.1 Å². The van der Waals surface area contributed by atoms with Gasteiger partial charge in [-0.2, -0.15) is 0 Å². The van der Waals surface area contributed by atoms with Crippen molar-refractivity contribution in [2.24, 2.45) is 0 Å². The van der Waals surface area contributed by atoms with E-state index in [1.165, 1.54) is 10.4 Å². The Morgan fingerprint density at radius 1 is 0.838 bits per heavy atom. The molecule has 5 nitrogen and oxygen atoms in total. The third-order valence-corrected chi connectivity index (χ3v) is 11.7. The number of methoxy groups -OCH3 is 1. The van der Waals surface area contributed by atoms with Crippen molar-refractivity contribution in [2.45, 2.75) is 51.2 Å². The van der Waals surface area contributed by atoms with Gasteiger partial charge in [-0.3, -0.25) is 4.79 Å².